The number of hydrazone groups is 1. The first-order chi connectivity index (χ1) is 6.88. The number of hydrogen-bond donors (Lipinski definition) is 0. The van der Waals surface area contributed by atoms with Crippen molar-refractivity contribution < 1.29 is 0 Å². The van der Waals surface area contributed by atoms with E-state index in [0.29, 0.717) is 5.92 Å². The molecule has 3 nitrogen and oxygen atoms in total. The first-order valence-electron chi connectivity index (χ1n) is 5.03. The summed E-state index contributed by atoms with van der Waals surface area (Å²) in [4.78, 5) is 1.66. The van der Waals surface area contributed by atoms with Gasteiger partial charge < -0.3 is 0 Å². The lowest BCUT2D eigenvalue weighted by Gasteiger charge is -2.36. The van der Waals surface area contributed by atoms with Crippen molar-refractivity contribution in [3.05, 3.63) is 0 Å². The van der Waals surface area contributed by atoms with Crippen LogP contribution in [0.3, 0.4) is 0 Å². The standard InChI is InChI=1S/C9H16Cl3N3/c1-4-5-15-8(7(2)3)14(6-13-15)9(10,11)12/h6-8H,4-5H2,1-3H3. The van der Waals surface area contributed by atoms with Crippen LogP contribution in [0.1, 0.15) is 27.2 Å². The topological polar surface area (TPSA) is 18.8 Å². The Bertz CT molecular complexity index is 237. The van der Waals surface area contributed by atoms with Gasteiger partial charge in [-0.2, -0.15) is 5.10 Å². The van der Waals surface area contributed by atoms with Crippen molar-refractivity contribution in [2.24, 2.45) is 11.0 Å². The maximum absolute atomic E-state index is 5.88. The number of rotatable bonds is 3. The third-order valence-corrected chi connectivity index (χ3v) is 2.84. The molecule has 0 aliphatic carbocycles. The highest BCUT2D eigenvalue weighted by Gasteiger charge is 2.41. The van der Waals surface area contributed by atoms with Gasteiger partial charge in [-0.05, 0) is 12.3 Å². The number of halogens is 3. The average Bonchev–Trinajstić information content (AvgIpc) is 2.47. The predicted molar refractivity (Wildman–Crippen MR) is 66.2 cm³/mol. The van der Waals surface area contributed by atoms with Crippen molar-refractivity contribution >= 4 is 41.1 Å². The minimum absolute atomic E-state index is 0.0254. The second-order valence-corrected chi connectivity index (χ2v) is 6.15. The van der Waals surface area contributed by atoms with Gasteiger partial charge in [-0.25, -0.2) is 0 Å². The molecule has 88 valence electrons. The molecule has 0 aromatic rings. The molecule has 6 heteroatoms. The van der Waals surface area contributed by atoms with Gasteiger partial charge in [0.1, 0.15) is 12.5 Å². The van der Waals surface area contributed by atoms with E-state index >= 15 is 0 Å². The Labute approximate surface area is 106 Å². The van der Waals surface area contributed by atoms with Crippen molar-refractivity contribution in [1.29, 1.82) is 0 Å². The molecule has 0 amide bonds. The second-order valence-electron chi connectivity index (χ2n) is 3.93. The van der Waals surface area contributed by atoms with Gasteiger partial charge in [0.25, 0.3) is 3.92 Å². The van der Waals surface area contributed by atoms with E-state index in [1.165, 1.54) is 0 Å². The zero-order chi connectivity index (χ0) is 11.6. The van der Waals surface area contributed by atoms with Crippen LogP contribution in [0.2, 0.25) is 0 Å². The van der Waals surface area contributed by atoms with Crippen LogP contribution < -0.4 is 0 Å². The van der Waals surface area contributed by atoms with Gasteiger partial charge in [0, 0.05) is 6.54 Å². The van der Waals surface area contributed by atoms with E-state index in [2.05, 4.69) is 25.9 Å². The molecule has 1 aliphatic rings. The third-order valence-electron chi connectivity index (χ3n) is 2.26. The molecule has 1 atom stereocenters. The van der Waals surface area contributed by atoms with Gasteiger partial charge in [-0.3, -0.25) is 9.91 Å². The van der Waals surface area contributed by atoms with Gasteiger partial charge in [0.05, 0.1) is 0 Å². The van der Waals surface area contributed by atoms with E-state index in [4.69, 9.17) is 34.8 Å². The average molecular weight is 273 g/mol. The largest absolute Gasteiger partial charge is 0.294 e. The van der Waals surface area contributed by atoms with Crippen molar-refractivity contribution in [1.82, 2.24) is 9.91 Å². The van der Waals surface area contributed by atoms with Crippen LogP contribution in [0.15, 0.2) is 5.10 Å². The van der Waals surface area contributed by atoms with E-state index in [-0.39, 0.29) is 6.17 Å². The minimum Gasteiger partial charge on any atom is -0.294 e. The zero-order valence-corrected chi connectivity index (χ0v) is 11.4. The van der Waals surface area contributed by atoms with Crippen LogP contribution in [0.25, 0.3) is 0 Å². The highest BCUT2D eigenvalue weighted by molar-refractivity contribution is 6.67. The summed E-state index contributed by atoms with van der Waals surface area (Å²) in [5, 5.41) is 6.22. The Hall–Kier alpha value is 0.140. The van der Waals surface area contributed by atoms with E-state index in [9.17, 15) is 0 Å². The van der Waals surface area contributed by atoms with Crippen molar-refractivity contribution in [3.63, 3.8) is 0 Å². The molecule has 0 radical (unpaired) electrons. The fraction of sp³-hybridized carbons (Fsp3) is 0.889. The molecule has 1 rings (SSSR count). The second kappa shape index (κ2) is 4.98. The van der Waals surface area contributed by atoms with Crippen LogP contribution >= 0.6 is 34.8 Å². The van der Waals surface area contributed by atoms with E-state index in [0.717, 1.165) is 13.0 Å². The quantitative estimate of drug-likeness (QED) is 0.580. The molecule has 0 bridgehead atoms. The fourth-order valence-electron chi connectivity index (χ4n) is 1.70. The summed E-state index contributed by atoms with van der Waals surface area (Å²) < 4.78 is -1.43. The molecule has 0 saturated heterocycles. The first-order valence-corrected chi connectivity index (χ1v) is 6.17. The summed E-state index contributed by atoms with van der Waals surface area (Å²) >= 11 is 17.6. The van der Waals surface area contributed by atoms with E-state index in [1.54, 1.807) is 11.2 Å². The molecular weight excluding hydrogens is 256 g/mol. The Balaban J connectivity index is 2.80. The van der Waals surface area contributed by atoms with Gasteiger partial charge in [0.2, 0.25) is 0 Å². The molecule has 0 fully saturated rings. The van der Waals surface area contributed by atoms with Crippen LogP contribution in [-0.4, -0.2) is 32.9 Å². The molecule has 0 saturated carbocycles. The van der Waals surface area contributed by atoms with Gasteiger partial charge in [-0.15, -0.1) is 0 Å². The summed E-state index contributed by atoms with van der Waals surface area (Å²) in [6.07, 6.45) is 2.65. The Kier molecular flexibility index (Phi) is 4.38. The third kappa shape index (κ3) is 3.05. The van der Waals surface area contributed by atoms with E-state index in [1.807, 2.05) is 5.01 Å². The van der Waals surface area contributed by atoms with Crippen LogP contribution in [-0.2, 0) is 0 Å². The molecule has 15 heavy (non-hydrogen) atoms. The first kappa shape index (κ1) is 13.2. The molecule has 0 spiro atoms. The summed E-state index contributed by atoms with van der Waals surface area (Å²) in [7, 11) is 0. The fourth-order valence-corrected chi connectivity index (χ4v) is 2.13. The van der Waals surface area contributed by atoms with Crippen molar-refractivity contribution in [2.75, 3.05) is 6.54 Å². The lowest BCUT2D eigenvalue weighted by atomic mass is 10.1. The maximum Gasteiger partial charge on any atom is 0.270 e. The Morgan fingerprint density at radius 1 is 1.40 bits per heavy atom. The predicted octanol–water partition coefficient (Wildman–Crippen LogP) is 3.27. The smallest absolute Gasteiger partial charge is 0.270 e. The summed E-state index contributed by atoms with van der Waals surface area (Å²) in [5.74, 6) is 0.342. The molecule has 1 aliphatic heterocycles. The van der Waals surface area contributed by atoms with Crippen LogP contribution in [0.5, 0.6) is 0 Å². The van der Waals surface area contributed by atoms with Crippen molar-refractivity contribution in [2.45, 2.75) is 37.3 Å². The molecule has 1 heterocycles. The lowest BCUT2D eigenvalue weighted by Crippen LogP contribution is -2.48. The Morgan fingerprint density at radius 2 is 2.00 bits per heavy atom. The molecule has 1 unspecified atom stereocenters. The lowest BCUT2D eigenvalue weighted by molar-refractivity contribution is 0.0877. The summed E-state index contributed by atoms with van der Waals surface area (Å²) in [6.45, 7) is 7.15. The SMILES string of the molecule is CCCN1N=CN(C(Cl)(Cl)Cl)C1C(C)C. The van der Waals surface area contributed by atoms with Gasteiger partial charge >= 0.3 is 0 Å². The van der Waals surface area contributed by atoms with E-state index < -0.39 is 3.92 Å². The minimum atomic E-state index is -1.43. The number of alkyl halides is 3. The molecule has 0 N–H and O–H groups in total. The monoisotopic (exact) mass is 271 g/mol. The van der Waals surface area contributed by atoms with Crippen LogP contribution in [0.4, 0.5) is 0 Å². The molecular formula is C9H16Cl3N3. The summed E-state index contributed by atoms with van der Waals surface area (Å²) in [6, 6.07) is 0. The van der Waals surface area contributed by atoms with Gasteiger partial charge in [0.15, 0.2) is 0 Å². The number of nitrogens with zero attached hydrogens (tertiary/aromatic N) is 3. The van der Waals surface area contributed by atoms with Crippen molar-refractivity contribution in [3.8, 4) is 0 Å². The number of hydrogen-bond acceptors (Lipinski definition) is 3. The van der Waals surface area contributed by atoms with Crippen LogP contribution in [0, 0.1) is 5.92 Å². The normalized spacial score (nSPS) is 21.9. The highest BCUT2D eigenvalue weighted by atomic mass is 35.6. The highest BCUT2D eigenvalue weighted by Crippen LogP contribution is 2.36. The maximum atomic E-state index is 5.88. The molecule has 0 aromatic heterocycles. The zero-order valence-electron chi connectivity index (χ0n) is 9.12. The molecule has 0 aromatic carbocycles. The Morgan fingerprint density at radius 3 is 2.40 bits per heavy atom. The summed E-state index contributed by atoms with van der Waals surface area (Å²) in [5.41, 5.74) is 0. The van der Waals surface area contributed by atoms with Gasteiger partial charge in [-0.1, -0.05) is 55.6 Å².